The van der Waals surface area contributed by atoms with Crippen molar-refractivity contribution in [3.8, 4) is 0 Å². The summed E-state index contributed by atoms with van der Waals surface area (Å²) in [5.74, 6) is 0.774. The molecule has 8 nitrogen and oxygen atoms in total. The minimum absolute atomic E-state index is 0.131. The molecule has 8 heteroatoms. The Labute approximate surface area is 134 Å². The smallest absolute Gasteiger partial charge is 0.222 e. The van der Waals surface area contributed by atoms with E-state index in [1.54, 1.807) is 17.2 Å². The Morgan fingerprint density at radius 1 is 1.48 bits per heavy atom. The Kier molecular flexibility index (Phi) is 4.92. The second-order valence-corrected chi connectivity index (χ2v) is 5.52. The van der Waals surface area contributed by atoms with Gasteiger partial charge in [0.1, 0.15) is 18.8 Å². The van der Waals surface area contributed by atoms with Gasteiger partial charge in [-0.3, -0.25) is 9.48 Å². The average Bonchev–Trinajstić information content (AvgIpc) is 3.08. The van der Waals surface area contributed by atoms with Gasteiger partial charge in [-0.15, -0.1) is 0 Å². The summed E-state index contributed by atoms with van der Waals surface area (Å²) in [6.07, 6.45) is 5.86. The average molecular weight is 316 g/mol. The molecule has 3 rings (SSSR count). The molecule has 1 fully saturated rings. The Bertz CT molecular complexity index is 645. The van der Waals surface area contributed by atoms with E-state index in [2.05, 4.69) is 20.1 Å². The number of hydrogen-bond donors (Lipinski definition) is 0. The number of ether oxygens (including phenoxy) is 1. The molecular weight excluding hydrogens is 296 g/mol. The maximum Gasteiger partial charge on any atom is 0.222 e. The molecule has 1 aliphatic heterocycles. The van der Waals surface area contributed by atoms with Gasteiger partial charge in [-0.2, -0.15) is 5.10 Å². The van der Waals surface area contributed by atoms with Crippen molar-refractivity contribution in [2.24, 2.45) is 0 Å². The fourth-order valence-corrected chi connectivity index (χ4v) is 2.55. The van der Waals surface area contributed by atoms with E-state index in [1.807, 2.05) is 17.9 Å². The predicted molar refractivity (Wildman–Crippen MR) is 81.3 cm³/mol. The van der Waals surface area contributed by atoms with Crippen LogP contribution in [0.25, 0.3) is 0 Å². The van der Waals surface area contributed by atoms with E-state index in [-0.39, 0.29) is 12.0 Å². The zero-order chi connectivity index (χ0) is 16.1. The fraction of sp³-hybridized carbons (Fsp3) is 0.533. The highest BCUT2D eigenvalue weighted by Crippen LogP contribution is 2.19. The van der Waals surface area contributed by atoms with Crippen LogP contribution in [0.5, 0.6) is 0 Å². The Balaban J connectivity index is 1.52. The number of rotatable bonds is 5. The van der Waals surface area contributed by atoms with Crippen molar-refractivity contribution < 1.29 is 9.53 Å². The van der Waals surface area contributed by atoms with Crippen molar-refractivity contribution in [1.82, 2.24) is 29.6 Å². The molecule has 1 aliphatic rings. The number of amides is 1. The van der Waals surface area contributed by atoms with Gasteiger partial charge in [0, 0.05) is 31.4 Å². The quantitative estimate of drug-likeness (QED) is 0.809. The maximum absolute atomic E-state index is 12.4. The molecule has 0 saturated carbocycles. The van der Waals surface area contributed by atoms with E-state index in [4.69, 9.17) is 4.74 Å². The lowest BCUT2D eigenvalue weighted by Crippen LogP contribution is -2.42. The first-order chi connectivity index (χ1) is 11.2. The van der Waals surface area contributed by atoms with E-state index >= 15 is 0 Å². The second kappa shape index (κ2) is 7.28. The topological polar surface area (TPSA) is 86.0 Å². The molecule has 1 amide bonds. The van der Waals surface area contributed by atoms with Gasteiger partial charge in [0.2, 0.25) is 5.91 Å². The summed E-state index contributed by atoms with van der Waals surface area (Å²) in [4.78, 5) is 26.7. The number of hydrogen-bond acceptors (Lipinski definition) is 6. The van der Waals surface area contributed by atoms with Gasteiger partial charge in [-0.25, -0.2) is 15.0 Å². The summed E-state index contributed by atoms with van der Waals surface area (Å²) in [6, 6.07) is 1.85. The van der Waals surface area contributed by atoms with Crippen LogP contribution in [0.2, 0.25) is 0 Å². The Morgan fingerprint density at radius 3 is 3.17 bits per heavy atom. The molecule has 122 valence electrons. The monoisotopic (exact) mass is 316 g/mol. The first-order valence-corrected chi connectivity index (χ1v) is 7.74. The van der Waals surface area contributed by atoms with Gasteiger partial charge in [-0.1, -0.05) is 0 Å². The van der Waals surface area contributed by atoms with Crippen molar-refractivity contribution >= 4 is 5.91 Å². The van der Waals surface area contributed by atoms with Gasteiger partial charge in [0.15, 0.2) is 5.82 Å². The number of aromatic nitrogens is 5. The van der Waals surface area contributed by atoms with Crippen LogP contribution in [-0.4, -0.2) is 55.2 Å². The summed E-state index contributed by atoms with van der Waals surface area (Å²) in [6.45, 7) is 4.24. The van der Waals surface area contributed by atoms with Crippen LogP contribution in [0.15, 0.2) is 24.9 Å². The largest absolute Gasteiger partial charge is 0.367 e. The van der Waals surface area contributed by atoms with Crippen molar-refractivity contribution in [1.29, 1.82) is 0 Å². The zero-order valence-electron chi connectivity index (χ0n) is 13.1. The highest BCUT2D eigenvalue weighted by Gasteiger charge is 2.26. The molecule has 2 aromatic rings. The maximum atomic E-state index is 12.4. The molecule has 0 unspecified atom stereocenters. The van der Waals surface area contributed by atoms with Crippen LogP contribution < -0.4 is 0 Å². The minimum Gasteiger partial charge on any atom is -0.367 e. The van der Waals surface area contributed by atoms with Gasteiger partial charge < -0.3 is 9.64 Å². The molecular formula is C15H20N6O2. The summed E-state index contributed by atoms with van der Waals surface area (Å²) in [7, 11) is 0. The van der Waals surface area contributed by atoms with Crippen molar-refractivity contribution in [2.75, 3.05) is 19.7 Å². The molecule has 0 N–H and O–H groups in total. The molecule has 0 radical (unpaired) electrons. The zero-order valence-corrected chi connectivity index (χ0v) is 13.1. The van der Waals surface area contributed by atoms with Crippen LogP contribution in [0.4, 0.5) is 0 Å². The highest BCUT2D eigenvalue weighted by molar-refractivity contribution is 5.76. The number of morpholine rings is 1. The fourth-order valence-electron chi connectivity index (χ4n) is 2.55. The summed E-state index contributed by atoms with van der Waals surface area (Å²) in [5.41, 5.74) is 0.898. The van der Waals surface area contributed by atoms with E-state index in [9.17, 15) is 4.79 Å². The lowest BCUT2D eigenvalue weighted by atomic mass is 10.2. The van der Waals surface area contributed by atoms with Crippen LogP contribution in [-0.2, 0) is 16.1 Å². The van der Waals surface area contributed by atoms with Crippen molar-refractivity contribution in [3.05, 3.63) is 36.4 Å². The van der Waals surface area contributed by atoms with Gasteiger partial charge in [0.25, 0.3) is 0 Å². The van der Waals surface area contributed by atoms with E-state index in [0.717, 1.165) is 12.1 Å². The van der Waals surface area contributed by atoms with Crippen LogP contribution in [0.3, 0.4) is 0 Å². The number of carbonyl (C=O) groups is 1. The molecule has 3 heterocycles. The molecule has 23 heavy (non-hydrogen) atoms. The molecule has 2 aromatic heterocycles. The third-order valence-corrected chi connectivity index (χ3v) is 3.77. The van der Waals surface area contributed by atoms with Gasteiger partial charge in [0.05, 0.1) is 13.2 Å². The van der Waals surface area contributed by atoms with Crippen LogP contribution in [0, 0.1) is 6.92 Å². The van der Waals surface area contributed by atoms with Crippen molar-refractivity contribution in [3.63, 3.8) is 0 Å². The summed E-state index contributed by atoms with van der Waals surface area (Å²) >= 11 is 0. The van der Waals surface area contributed by atoms with Gasteiger partial charge in [-0.05, 0) is 19.4 Å². The Morgan fingerprint density at radius 2 is 2.39 bits per heavy atom. The molecule has 1 atom stereocenters. The third kappa shape index (κ3) is 4.10. The second-order valence-electron chi connectivity index (χ2n) is 5.52. The SMILES string of the molecule is Cc1ccnc([C@@H]2CN(C(=O)CCCn3cncn3)CCO2)n1. The Hall–Kier alpha value is -2.35. The van der Waals surface area contributed by atoms with Crippen LogP contribution >= 0.6 is 0 Å². The molecule has 1 saturated heterocycles. The predicted octanol–water partition coefficient (Wildman–Crippen LogP) is 0.757. The number of nitrogens with zero attached hydrogens (tertiary/aromatic N) is 6. The summed E-state index contributed by atoms with van der Waals surface area (Å²) in [5, 5.41) is 4.03. The number of aryl methyl sites for hydroxylation is 2. The van der Waals surface area contributed by atoms with Crippen LogP contribution in [0.1, 0.15) is 30.5 Å². The lowest BCUT2D eigenvalue weighted by molar-refractivity contribution is -0.139. The normalized spacial score (nSPS) is 18.1. The molecule has 0 spiro atoms. The van der Waals surface area contributed by atoms with Crippen molar-refractivity contribution in [2.45, 2.75) is 32.4 Å². The number of carbonyl (C=O) groups excluding carboxylic acids is 1. The standard InChI is InChI=1S/C15H20N6O2/c1-12-4-5-17-15(19-12)13-9-20(7-8-23-13)14(22)3-2-6-21-11-16-10-18-21/h4-5,10-11,13H,2-3,6-9H2,1H3/t13-/m0/s1. The third-order valence-electron chi connectivity index (χ3n) is 3.77. The molecule has 0 aliphatic carbocycles. The lowest BCUT2D eigenvalue weighted by Gasteiger charge is -2.32. The van der Waals surface area contributed by atoms with E-state index in [1.165, 1.54) is 6.33 Å². The highest BCUT2D eigenvalue weighted by atomic mass is 16.5. The molecule has 0 bridgehead atoms. The van der Waals surface area contributed by atoms with E-state index < -0.39 is 0 Å². The van der Waals surface area contributed by atoms with E-state index in [0.29, 0.717) is 38.5 Å². The molecule has 0 aromatic carbocycles. The summed E-state index contributed by atoms with van der Waals surface area (Å²) < 4.78 is 7.45. The first-order valence-electron chi connectivity index (χ1n) is 7.74. The minimum atomic E-state index is -0.247. The first kappa shape index (κ1) is 15.5. The van der Waals surface area contributed by atoms with Gasteiger partial charge >= 0.3 is 0 Å².